The quantitative estimate of drug-likeness (QED) is 0.839. The van der Waals surface area contributed by atoms with Crippen LogP contribution in [0.15, 0.2) is 42.6 Å². The highest BCUT2D eigenvalue weighted by molar-refractivity contribution is 5.95. The van der Waals surface area contributed by atoms with Crippen molar-refractivity contribution in [3.05, 3.63) is 53.7 Å². The summed E-state index contributed by atoms with van der Waals surface area (Å²) >= 11 is 0. The Labute approximate surface area is 149 Å². The number of anilines is 1. The summed E-state index contributed by atoms with van der Waals surface area (Å²) < 4.78 is 5.57. The Kier molecular flexibility index (Phi) is 5.66. The summed E-state index contributed by atoms with van der Waals surface area (Å²) in [6.07, 6.45) is 3.36. The Balaban J connectivity index is 1.62. The van der Waals surface area contributed by atoms with E-state index in [1.807, 2.05) is 36.1 Å². The standard InChI is InChI=1S/C20H25N3O2/c1-3-25-20-17(6-4-12-21-20)14-22-15(2)16-8-10-18(11-9-16)23-13-5-7-19(23)24/h4,6,8-12,15,22H,3,5,7,13-14H2,1-2H3/t15-/m1/s1. The predicted molar refractivity (Wildman–Crippen MR) is 98.7 cm³/mol. The van der Waals surface area contributed by atoms with E-state index in [2.05, 4.69) is 29.4 Å². The molecule has 1 amide bonds. The average molecular weight is 339 g/mol. The Morgan fingerprint density at radius 3 is 2.76 bits per heavy atom. The molecule has 2 aromatic rings. The lowest BCUT2D eigenvalue weighted by Gasteiger charge is -2.19. The number of carbonyl (C=O) groups is 1. The van der Waals surface area contributed by atoms with E-state index < -0.39 is 0 Å². The van der Waals surface area contributed by atoms with Gasteiger partial charge in [-0.25, -0.2) is 4.98 Å². The molecule has 25 heavy (non-hydrogen) atoms. The van der Waals surface area contributed by atoms with Gasteiger partial charge in [-0.05, 0) is 44.0 Å². The highest BCUT2D eigenvalue weighted by atomic mass is 16.5. The second-order valence-corrected chi connectivity index (χ2v) is 6.24. The van der Waals surface area contributed by atoms with Gasteiger partial charge < -0.3 is 15.0 Å². The number of nitrogens with one attached hydrogen (secondary N) is 1. The van der Waals surface area contributed by atoms with Gasteiger partial charge in [0.1, 0.15) is 0 Å². The van der Waals surface area contributed by atoms with Crippen molar-refractivity contribution < 1.29 is 9.53 Å². The van der Waals surface area contributed by atoms with Crippen molar-refractivity contribution in [3.8, 4) is 5.88 Å². The summed E-state index contributed by atoms with van der Waals surface area (Å²) in [6, 6.07) is 12.4. The fourth-order valence-corrected chi connectivity index (χ4v) is 3.07. The van der Waals surface area contributed by atoms with E-state index in [-0.39, 0.29) is 11.9 Å². The van der Waals surface area contributed by atoms with E-state index in [1.165, 1.54) is 5.56 Å². The van der Waals surface area contributed by atoms with E-state index in [4.69, 9.17) is 4.74 Å². The minimum Gasteiger partial charge on any atom is -0.478 e. The Morgan fingerprint density at radius 2 is 2.08 bits per heavy atom. The van der Waals surface area contributed by atoms with Crippen LogP contribution in [-0.4, -0.2) is 24.0 Å². The summed E-state index contributed by atoms with van der Waals surface area (Å²) in [5.41, 5.74) is 3.23. The van der Waals surface area contributed by atoms with Gasteiger partial charge in [0.15, 0.2) is 0 Å². The number of hydrogen-bond acceptors (Lipinski definition) is 4. The highest BCUT2D eigenvalue weighted by Gasteiger charge is 2.21. The van der Waals surface area contributed by atoms with Gasteiger partial charge in [-0.15, -0.1) is 0 Å². The van der Waals surface area contributed by atoms with Gasteiger partial charge >= 0.3 is 0 Å². The number of ether oxygens (including phenoxy) is 1. The number of amides is 1. The van der Waals surface area contributed by atoms with Gasteiger partial charge in [0.2, 0.25) is 11.8 Å². The number of carbonyl (C=O) groups excluding carboxylic acids is 1. The first kappa shape index (κ1) is 17.4. The zero-order valence-electron chi connectivity index (χ0n) is 14.9. The average Bonchev–Trinajstić information content (AvgIpc) is 3.07. The molecule has 5 heteroatoms. The third-order valence-corrected chi connectivity index (χ3v) is 4.51. The van der Waals surface area contributed by atoms with Crippen LogP contribution in [-0.2, 0) is 11.3 Å². The van der Waals surface area contributed by atoms with Crippen molar-refractivity contribution >= 4 is 11.6 Å². The molecule has 1 aliphatic heterocycles. The molecule has 1 saturated heterocycles. The zero-order chi connectivity index (χ0) is 17.6. The van der Waals surface area contributed by atoms with E-state index >= 15 is 0 Å². The zero-order valence-corrected chi connectivity index (χ0v) is 14.9. The maximum absolute atomic E-state index is 11.8. The number of aromatic nitrogens is 1. The molecule has 2 heterocycles. The first-order valence-electron chi connectivity index (χ1n) is 8.89. The summed E-state index contributed by atoms with van der Waals surface area (Å²) in [4.78, 5) is 18.0. The van der Waals surface area contributed by atoms with Crippen molar-refractivity contribution in [3.63, 3.8) is 0 Å². The van der Waals surface area contributed by atoms with Crippen LogP contribution < -0.4 is 15.0 Å². The van der Waals surface area contributed by atoms with Crippen molar-refractivity contribution in [1.82, 2.24) is 10.3 Å². The lowest BCUT2D eigenvalue weighted by Crippen LogP contribution is -2.23. The molecule has 0 unspecified atom stereocenters. The third kappa shape index (κ3) is 4.17. The van der Waals surface area contributed by atoms with Crippen molar-refractivity contribution in [1.29, 1.82) is 0 Å². The van der Waals surface area contributed by atoms with Gasteiger partial charge in [-0.1, -0.05) is 18.2 Å². The topological polar surface area (TPSA) is 54.5 Å². The SMILES string of the molecule is CCOc1ncccc1CN[C@H](C)c1ccc(N2CCCC2=O)cc1. The molecule has 132 valence electrons. The first-order valence-corrected chi connectivity index (χ1v) is 8.89. The molecule has 0 aliphatic carbocycles. The van der Waals surface area contributed by atoms with Crippen molar-refractivity contribution in [2.24, 2.45) is 0 Å². The number of pyridine rings is 1. The third-order valence-electron chi connectivity index (χ3n) is 4.51. The fourth-order valence-electron chi connectivity index (χ4n) is 3.07. The van der Waals surface area contributed by atoms with Crippen LogP contribution in [0.5, 0.6) is 5.88 Å². The molecule has 1 N–H and O–H groups in total. The summed E-state index contributed by atoms with van der Waals surface area (Å²) in [5.74, 6) is 0.909. The molecule has 3 rings (SSSR count). The molecule has 1 atom stereocenters. The molecule has 1 fully saturated rings. The molecule has 1 aromatic heterocycles. The number of nitrogens with zero attached hydrogens (tertiary/aromatic N) is 2. The van der Waals surface area contributed by atoms with Crippen LogP contribution in [0.4, 0.5) is 5.69 Å². The maximum Gasteiger partial charge on any atom is 0.227 e. The number of hydrogen-bond donors (Lipinski definition) is 1. The molecule has 1 aliphatic rings. The van der Waals surface area contributed by atoms with Gasteiger partial charge in [0, 0.05) is 43.0 Å². The largest absolute Gasteiger partial charge is 0.478 e. The van der Waals surface area contributed by atoms with Gasteiger partial charge in [-0.2, -0.15) is 0 Å². The minimum atomic E-state index is 0.193. The molecule has 1 aromatic carbocycles. The lowest BCUT2D eigenvalue weighted by molar-refractivity contribution is -0.117. The Bertz CT molecular complexity index is 715. The first-order chi connectivity index (χ1) is 12.2. The monoisotopic (exact) mass is 339 g/mol. The molecular formula is C20H25N3O2. The minimum absolute atomic E-state index is 0.193. The summed E-state index contributed by atoms with van der Waals surface area (Å²) in [5, 5.41) is 3.51. The van der Waals surface area contributed by atoms with E-state index in [0.717, 1.165) is 24.2 Å². The predicted octanol–water partition coefficient (Wildman–Crippen LogP) is 3.46. The van der Waals surface area contributed by atoms with Crippen LogP contribution in [0.25, 0.3) is 0 Å². The molecule has 0 spiro atoms. The van der Waals surface area contributed by atoms with E-state index in [1.54, 1.807) is 6.20 Å². The van der Waals surface area contributed by atoms with Gasteiger partial charge in [-0.3, -0.25) is 4.79 Å². The van der Waals surface area contributed by atoms with E-state index in [0.29, 0.717) is 25.5 Å². The second kappa shape index (κ2) is 8.12. The van der Waals surface area contributed by atoms with Crippen LogP contribution >= 0.6 is 0 Å². The lowest BCUT2D eigenvalue weighted by atomic mass is 10.1. The summed E-state index contributed by atoms with van der Waals surface area (Å²) in [6.45, 7) is 6.22. The van der Waals surface area contributed by atoms with Gasteiger partial charge in [0.25, 0.3) is 0 Å². The van der Waals surface area contributed by atoms with Crippen LogP contribution in [0.3, 0.4) is 0 Å². The summed E-state index contributed by atoms with van der Waals surface area (Å²) in [7, 11) is 0. The van der Waals surface area contributed by atoms with E-state index in [9.17, 15) is 4.79 Å². The highest BCUT2D eigenvalue weighted by Crippen LogP contribution is 2.24. The molecular weight excluding hydrogens is 314 g/mol. The van der Waals surface area contributed by atoms with Crippen molar-refractivity contribution in [2.45, 2.75) is 39.3 Å². The van der Waals surface area contributed by atoms with Crippen LogP contribution in [0.2, 0.25) is 0 Å². The second-order valence-electron chi connectivity index (χ2n) is 6.24. The maximum atomic E-state index is 11.8. The van der Waals surface area contributed by atoms with Crippen LogP contribution in [0, 0.1) is 0 Å². The number of rotatable bonds is 7. The molecule has 5 nitrogen and oxygen atoms in total. The normalized spacial score (nSPS) is 15.4. The van der Waals surface area contributed by atoms with Crippen LogP contribution in [0.1, 0.15) is 43.9 Å². The Morgan fingerprint density at radius 1 is 1.28 bits per heavy atom. The molecule has 0 bridgehead atoms. The van der Waals surface area contributed by atoms with Gasteiger partial charge in [0.05, 0.1) is 6.61 Å². The van der Waals surface area contributed by atoms with Crippen molar-refractivity contribution in [2.75, 3.05) is 18.1 Å². The molecule has 0 radical (unpaired) electrons. The Hall–Kier alpha value is -2.40. The fraction of sp³-hybridized carbons (Fsp3) is 0.400. The number of benzene rings is 1. The smallest absolute Gasteiger partial charge is 0.227 e. The molecule has 0 saturated carbocycles.